The number of esters is 1. The van der Waals surface area contributed by atoms with Crippen LogP contribution in [0.15, 0.2) is 48.5 Å². The van der Waals surface area contributed by atoms with E-state index < -0.39 is 5.97 Å². The molecule has 0 amide bonds. The van der Waals surface area contributed by atoms with Crippen molar-refractivity contribution in [1.29, 1.82) is 0 Å². The van der Waals surface area contributed by atoms with E-state index in [9.17, 15) is 4.79 Å². The quantitative estimate of drug-likeness (QED) is 0.604. The van der Waals surface area contributed by atoms with Crippen LogP contribution >= 0.6 is 0 Å². The van der Waals surface area contributed by atoms with Crippen LogP contribution in [0.5, 0.6) is 11.5 Å². The minimum atomic E-state index is -0.417. The van der Waals surface area contributed by atoms with E-state index in [-0.39, 0.29) is 6.61 Å². The lowest BCUT2D eigenvalue weighted by atomic mass is 10.2. The zero-order valence-corrected chi connectivity index (χ0v) is 12.2. The van der Waals surface area contributed by atoms with Crippen molar-refractivity contribution >= 4 is 5.97 Å². The predicted molar refractivity (Wildman–Crippen MR) is 80.0 cm³/mol. The van der Waals surface area contributed by atoms with E-state index in [2.05, 4.69) is 0 Å². The average Bonchev–Trinajstić information content (AvgIpc) is 2.53. The average molecular weight is 286 g/mol. The SMILES string of the molecule is COc1ccccc1C(=O)OCCOc1ccc(C)cc1. The molecule has 0 aliphatic rings. The molecule has 0 heterocycles. The summed E-state index contributed by atoms with van der Waals surface area (Å²) < 4.78 is 15.8. The highest BCUT2D eigenvalue weighted by Gasteiger charge is 2.12. The summed E-state index contributed by atoms with van der Waals surface area (Å²) in [6.07, 6.45) is 0. The second-order valence-electron chi connectivity index (χ2n) is 4.50. The summed E-state index contributed by atoms with van der Waals surface area (Å²) in [5, 5.41) is 0. The molecule has 0 radical (unpaired) electrons. The number of methoxy groups -OCH3 is 1. The first kappa shape index (κ1) is 14.9. The number of carbonyl (C=O) groups is 1. The van der Waals surface area contributed by atoms with Crippen molar-refractivity contribution in [2.75, 3.05) is 20.3 Å². The molecule has 0 N–H and O–H groups in total. The van der Waals surface area contributed by atoms with Gasteiger partial charge in [0.15, 0.2) is 0 Å². The van der Waals surface area contributed by atoms with Crippen LogP contribution in [0.25, 0.3) is 0 Å². The Kier molecular flexibility index (Phi) is 5.21. The lowest BCUT2D eigenvalue weighted by molar-refractivity contribution is 0.0447. The molecule has 0 spiro atoms. The number of benzene rings is 2. The topological polar surface area (TPSA) is 44.8 Å². The fourth-order valence-corrected chi connectivity index (χ4v) is 1.82. The van der Waals surface area contributed by atoms with Crippen LogP contribution in [0.3, 0.4) is 0 Å². The van der Waals surface area contributed by atoms with Crippen LogP contribution in [-0.2, 0) is 4.74 Å². The van der Waals surface area contributed by atoms with Crippen molar-refractivity contribution in [1.82, 2.24) is 0 Å². The predicted octanol–water partition coefficient (Wildman–Crippen LogP) is 3.24. The molecule has 0 aromatic heterocycles. The Labute approximate surface area is 124 Å². The van der Waals surface area contributed by atoms with Gasteiger partial charge in [-0.05, 0) is 31.2 Å². The van der Waals surface area contributed by atoms with Gasteiger partial charge in [-0.25, -0.2) is 4.79 Å². The van der Waals surface area contributed by atoms with Crippen LogP contribution in [0.1, 0.15) is 15.9 Å². The molecule has 4 nitrogen and oxygen atoms in total. The molecule has 2 aromatic rings. The maximum absolute atomic E-state index is 11.9. The van der Waals surface area contributed by atoms with E-state index in [0.29, 0.717) is 17.9 Å². The van der Waals surface area contributed by atoms with E-state index in [0.717, 1.165) is 5.75 Å². The molecule has 0 bridgehead atoms. The number of para-hydroxylation sites is 1. The van der Waals surface area contributed by atoms with Gasteiger partial charge in [-0.2, -0.15) is 0 Å². The molecule has 0 unspecified atom stereocenters. The Morgan fingerprint density at radius 3 is 2.43 bits per heavy atom. The van der Waals surface area contributed by atoms with E-state index in [1.54, 1.807) is 24.3 Å². The van der Waals surface area contributed by atoms with Gasteiger partial charge >= 0.3 is 5.97 Å². The molecule has 4 heteroatoms. The van der Waals surface area contributed by atoms with Gasteiger partial charge in [0.25, 0.3) is 0 Å². The lowest BCUT2D eigenvalue weighted by Gasteiger charge is -2.09. The second-order valence-corrected chi connectivity index (χ2v) is 4.50. The molecule has 0 aliphatic heterocycles. The van der Waals surface area contributed by atoms with Crippen molar-refractivity contribution in [3.8, 4) is 11.5 Å². The molecule has 2 aromatic carbocycles. The Morgan fingerprint density at radius 1 is 1.00 bits per heavy atom. The van der Waals surface area contributed by atoms with Crippen molar-refractivity contribution in [2.24, 2.45) is 0 Å². The first-order chi connectivity index (χ1) is 10.2. The number of ether oxygens (including phenoxy) is 3. The molecular weight excluding hydrogens is 268 g/mol. The molecule has 0 saturated carbocycles. The second kappa shape index (κ2) is 7.33. The normalized spacial score (nSPS) is 10.0. The lowest BCUT2D eigenvalue weighted by Crippen LogP contribution is -2.13. The minimum absolute atomic E-state index is 0.185. The third-order valence-corrected chi connectivity index (χ3v) is 2.93. The molecule has 2 rings (SSSR count). The van der Waals surface area contributed by atoms with Crippen molar-refractivity contribution in [2.45, 2.75) is 6.92 Å². The summed E-state index contributed by atoms with van der Waals surface area (Å²) in [6, 6.07) is 14.7. The number of carbonyl (C=O) groups excluding carboxylic acids is 1. The van der Waals surface area contributed by atoms with Gasteiger partial charge in [0, 0.05) is 0 Å². The fraction of sp³-hybridized carbons (Fsp3) is 0.235. The molecule has 110 valence electrons. The summed E-state index contributed by atoms with van der Waals surface area (Å²) in [5.74, 6) is 0.843. The highest BCUT2D eigenvalue weighted by molar-refractivity contribution is 5.92. The third kappa shape index (κ3) is 4.24. The van der Waals surface area contributed by atoms with E-state index >= 15 is 0 Å². The van der Waals surface area contributed by atoms with Crippen molar-refractivity contribution in [3.05, 3.63) is 59.7 Å². The van der Waals surface area contributed by atoms with E-state index in [4.69, 9.17) is 14.2 Å². The van der Waals surface area contributed by atoms with Gasteiger partial charge in [0.1, 0.15) is 30.3 Å². The summed E-state index contributed by atoms with van der Waals surface area (Å²) in [7, 11) is 1.52. The molecule has 0 fully saturated rings. The molecule has 21 heavy (non-hydrogen) atoms. The molecular formula is C17H18O4. The maximum atomic E-state index is 11.9. The Bertz CT molecular complexity index is 590. The van der Waals surface area contributed by atoms with Crippen LogP contribution in [-0.4, -0.2) is 26.3 Å². The Balaban J connectivity index is 1.80. The maximum Gasteiger partial charge on any atom is 0.342 e. The minimum Gasteiger partial charge on any atom is -0.496 e. The Morgan fingerprint density at radius 2 is 1.71 bits per heavy atom. The van der Waals surface area contributed by atoms with Crippen molar-refractivity contribution < 1.29 is 19.0 Å². The van der Waals surface area contributed by atoms with Gasteiger partial charge in [-0.1, -0.05) is 29.8 Å². The zero-order valence-electron chi connectivity index (χ0n) is 12.2. The highest BCUT2D eigenvalue weighted by atomic mass is 16.6. The third-order valence-electron chi connectivity index (χ3n) is 2.93. The van der Waals surface area contributed by atoms with Crippen LogP contribution in [0, 0.1) is 6.92 Å². The fourth-order valence-electron chi connectivity index (χ4n) is 1.82. The van der Waals surface area contributed by atoms with Crippen LogP contribution < -0.4 is 9.47 Å². The summed E-state index contributed by atoms with van der Waals surface area (Å²) in [5.41, 5.74) is 1.58. The Hall–Kier alpha value is -2.49. The molecule has 0 atom stereocenters. The standard InChI is InChI=1S/C17H18O4/c1-13-7-9-14(10-8-13)20-11-12-21-17(18)15-5-3-4-6-16(15)19-2/h3-10H,11-12H2,1-2H3. The smallest absolute Gasteiger partial charge is 0.342 e. The number of rotatable bonds is 6. The van der Waals surface area contributed by atoms with E-state index in [1.165, 1.54) is 12.7 Å². The largest absolute Gasteiger partial charge is 0.496 e. The number of aryl methyl sites for hydroxylation is 1. The molecule has 0 saturated heterocycles. The first-order valence-corrected chi connectivity index (χ1v) is 6.70. The molecule has 0 aliphatic carbocycles. The van der Waals surface area contributed by atoms with Gasteiger partial charge < -0.3 is 14.2 Å². The highest BCUT2D eigenvalue weighted by Crippen LogP contribution is 2.18. The van der Waals surface area contributed by atoms with Crippen LogP contribution in [0.2, 0.25) is 0 Å². The summed E-state index contributed by atoms with van der Waals surface area (Å²) in [4.78, 5) is 11.9. The van der Waals surface area contributed by atoms with Gasteiger partial charge in [-0.3, -0.25) is 0 Å². The summed E-state index contributed by atoms with van der Waals surface area (Å²) in [6.45, 7) is 2.51. The van der Waals surface area contributed by atoms with Gasteiger partial charge in [-0.15, -0.1) is 0 Å². The zero-order chi connectivity index (χ0) is 15.1. The first-order valence-electron chi connectivity index (χ1n) is 6.70. The van der Waals surface area contributed by atoms with Crippen LogP contribution in [0.4, 0.5) is 0 Å². The number of hydrogen-bond acceptors (Lipinski definition) is 4. The van der Waals surface area contributed by atoms with Gasteiger partial charge in [0.2, 0.25) is 0 Å². The van der Waals surface area contributed by atoms with Crippen molar-refractivity contribution in [3.63, 3.8) is 0 Å². The summed E-state index contributed by atoms with van der Waals surface area (Å²) >= 11 is 0. The monoisotopic (exact) mass is 286 g/mol. The number of hydrogen-bond donors (Lipinski definition) is 0. The van der Waals surface area contributed by atoms with E-state index in [1.807, 2.05) is 31.2 Å². The van der Waals surface area contributed by atoms with Gasteiger partial charge in [0.05, 0.1) is 7.11 Å².